The Labute approximate surface area is 102 Å². The highest BCUT2D eigenvalue weighted by Crippen LogP contribution is 2.22. The molecule has 17 heavy (non-hydrogen) atoms. The first-order valence-electron chi connectivity index (χ1n) is 6.33. The van der Waals surface area contributed by atoms with Crippen LogP contribution >= 0.6 is 0 Å². The summed E-state index contributed by atoms with van der Waals surface area (Å²) in [6.07, 6.45) is 6.13. The van der Waals surface area contributed by atoms with E-state index in [0.717, 1.165) is 19.3 Å². The van der Waals surface area contributed by atoms with Gasteiger partial charge in [0.25, 0.3) is 0 Å². The first-order chi connectivity index (χ1) is 8.11. The number of rotatable bonds is 6. The number of carboxylic acid groups (broad SMARTS) is 1. The van der Waals surface area contributed by atoms with Gasteiger partial charge in [-0.25, -0.2) is 4.79 Å². The van der Waals surface area contributed by atoms with E-state index in [4.69, 9.17) is 5.11 Å². The minimum absolute atomic E-state index is 0.0350. The molecule has 0 heterocycles. The molecule has 2 amide bonds. The van der Waals surface area contributed by atoms with Crippen LogP contribution in [0.4, 0.5) is 4.79 Å². The van der Waals surface area contributed by atoms with Crippen LogP contribution in [0.3, 0.4) is 0 Å². The Morgan fingerprint density at radius 1 is 1.29 bits per heavy atom. The monoisotopic (exact) mass is 242 g/mol. The van der Waals surface area contributed by atoms with Crippen LogP contribution in [-0.2, 0) is 4.79 Å². The molecule has 0 aromatic rings. The summed E-state index contributed by atoms with van der Waals surface area (Å²) >= 11 is 0. The maximum Gasteiger partial charge on any atom is 0.317 e. The molecule has 1 aliphatic rings. The van der Waals surface area contributed by atoms with Gasteiger partial charge in [0.2, 0.25) is 0 Å². The van der Waals surface area contributed by atoms with Crippen molar-refractivity contribution >= 4 is 12.0 Å². The number of hydrogen-bond donors (Lipinski definition) is 2. The maximum absolute atomic E-state index is 11.7. The van der Waals surface area contributed by atoms with Gasteiger partial charge in [0.15, 0.2) is 0 Å². The largest absolute Gasteiger partial charge is 0.481 e. The van der Waals surface area contributed by atoms with E-state index in [9.17, 15) is 9.59 Å². The lowest BCUT2D eigenvalue weighted by Crippen LogP contribution is -2.42. The summed E-state index contributed by atoms with van der Waals surface area (Å²) in [4.78, 5) is 23.8. The van der Waals surface area contributed by atoms with Gasteiger partial charge in [0.05, 0.1) is 0 Å². The van der Waals surface area contributed by atoms with E-state index >= 15 is 0 Å². The van der Waals surface area contributed by atoms with Gasteiger partial charge in [-0.15, -0.1) is 0 Å². The molecule has 98 valence electrons. The van der Waals surface area contributed by atoms with Crippen molar-refractivity contribution in [1.29, 1.82) is 0 Å². The van der Waals surface area contributed by atoms with E-state index in [1.165, 1.54) is 12.8 Å². The molecule has 1 aliphatic carbocycles. The minimum atomic E-state index is -0.778. The van der Waals surface area contributed by atoms with E-state index in [-0.39, 0.29) is 12.5 Å². The highest BCUT2D eigenvalue weighted by atomic mass is 16.4. The van der Waals surface area contributed by atoms with Crippen molar-refractivity contribution in [2.75, 3.05) is 13.6 Å². The quantitative estimate of drug-likeness (QED) is 0.698. The van der Waals surface area contributed by atoms with Crippen molar-refractivity contribution in [2.45, 2.75) is 51.0 Å². The fourth-order valence-electron chi connectivity index (χ4n) is 2.18. The standard InChI is InChI=1S/C12H22N2O3/c1-14(10-6-2-3-7-10)12(17)13-9-5-4-8-11(15)16/h10H,2-9H2,1H3,(H,13,17)(H,15,16). The number of nitrogens with zero attached hydrogens (tertiary/aromatic N) is 1. The van der Waals surface area contributed by atoms with Crippen molar-refractivity contribution in [1.82, 2.24) is 10.2 Å². The second-order valence-electron chi connectivity index (χ2n) is 4.63. The van der Waals surface area contributed by atoms with Crippen molar-refractivity contribution < 1.29 is 14.7 Å². The van der Waals surface area contributed by atoms with Crippen LogP contribution in [0, 0.1) is 0 Å². The highest BCUT2D eigenvalue weighted by molar-refractivity contribution is 5.74. The van der Waals surface area contributed by atoms with E-state index in [1.807, 2.05) is 7.05 Å². The van der Waals surface area contributed by atoms with Gasteiger partial charge in [-0.3, -0.25) is 4.79 Å². The van der Waals surface area contributed by atoms with Crippen LogP contribution in [0.15, 0.2) is 0 Å². The molecule has 1 saturated carbocycles. The highest BCUT2D eigenvalue weighted by Gasteiger charge is 2.22. The van der Waals surface area contributed by atoms with Crippen molar-refractivity contribution in [3.05, 3.63) is 0 Å². The summed E-state index contributed by atoms with van der Waals surface area (Å²) in [5.41, 5.74) is 0. The summed E-state index contributed by atoms with van der Waals surface area (Å²) < 4.78 is 0. The molecule has 5 heteroatoms. The zero-order chi connectivity index (χ0) is 12.7. The topological polar surface area (TPSA) is 69.6 Å². The maximum atomic E-state index is 11.7. The van der Waals surface area contributed by atoms with Crippen LogP contribution in [0.2, 0.25) is 0 Å². The molecule has 0 unspecified atom stereocenters. The molecule has 0 atom stereocenters. The molecule has 1 fully saturated rings. The van der Waals surface area contributed by atoms with Crippen LogP contribution in [0.25, 0.3) is 0 Å². The summed E-state index contributed by atoms with van der Waals surface area (Å²) in [5, 5.41) is 11.3. The lowest BCUT2D eigenvalue weighted by molar-refractivity contribution is -0.137. The number of carboxylic acids is 1. The fraction of sp³-hybridized carbons (Fsp3) is 0.833. The fourth-order valence-corrected chi connectivity index (χ4v) is 2.18. The number of unbranched alkanes of at least 4 members (excludes halogenated alkanes) is 1. The molecule has 0 saturated heterocycles. The average molecular weight is 242 g/mol. The zero-order valence-corrected chi connectivity index (χ0v) is 10.4. The lowest BCUT2D eigenvalue weighted by Gasteiger charge is -2.24. The Kier molecular flexibility index (Phi) is 5.80. The van der Waals surface area contributed by atoms with Crippen LogP contribution in [-0.4, -0.2) is 41.6 Å². The molecule has 0 radical (unpaired) electrons. The molecule has 0 spiro atoms. The lowest BCUT2D eigenvalue weighted by atomic mass is 10.2. The molecule has 0 bridgehead atoms. The van der Waals surface area contributed by atoms with Gasteiger partial charge in [-0.1, -0.05) is 12.8 Å². The Morgan fingerprint density at radius 2 is 1.94 bits per heavy atom. The first-order valence-corrected chi connectivity index (χ1v) is 6.33. The SMILES string of the molecule is CN(C(=O)NCCCCC(=O)O)C1CCCC1. The molecular formula is C12H22N2O3. The number of nitrogens with one attached hydrogen (secondary N) is 1. The molecular weight excluding hydrogens is 220 g/mol. The third-order valence-corrected chi connectivity index (χ3v) is 3.29. The number of carbonyl (C=O) groups excluding carboxylic acids is 1. The normalized spacial score (nSPS) is 15.8. The van der Waals surface area contributed by atoms with Crippen molar-refractivity contribution in [2.24, 2.45) is 0 Å². The Balaban J connectivity index is 2.09. The predicted molar refractivity (Wildman–Crippen MR) is 64.9 cm³/mol. The van der Waals surface area contributed by atoms with Crippen LogP contribution in [0.5, 0.6) is 0 Å². The van der Waals surface area contributed by atoms with Gasteiger partial charge in [-0.05, 0) is 25.7 Å². The Bertz CT molecular complexity index is 262. The van der Waals surface area contributed by atoms with E-state index in [0.29, 0.717) is 19.0 Å². The summed E-state index contributed by atoms with van der Waals surface area (Å²) in [6.45, 7) is 0.559. The summed E-state index contributed by atoms with van der Waals surface area (Å²) in [5.74, 6) is -0.778. The van der Waals surface area contributed by atoms with Crippen molar-refractivity contribution in [3.8, 4) is 0 Å². The molecule has 0 aliphatic heterocycles. The second-order valence-corrected chi connectivity index (χ2v) is 4.63. The first kappa shape index (κ1) is 13.8. The predicted octanol–water partition coefficient (Wildman–Crippen LogP) is 1.83. The molecule has 1 rings (SSSR count). The Morgan fingerprint density at radius 3 is 2.53 bits per heavy atom. The average Bonchev–Trinajstić information content (AvgIpc) is 2.80. The molecule has 0 aromatic carbocycles. The second kappa shape index (κ2) is 7.14. The number of aliphatic carboxylic acids is 1. The third kappa shape index (κ3) is 5.06. The van der Waals surface area contributed by atoms with E-state index in [1.54, 1.807) is 4.90 Å². The number of carbonyl (C=O) groups is 2. The number of amides is 2. The molecule has 5 nitrogen and oxygen atoms in total. The van der Waals surface area contributed by atoms with E-state index in [2.05, 4.69) is 5.32 Å². The summed E-state index contributed by atoms with van der Waals surface area (Å²) in [7, 11) is 1.84. The third-order valence-electron chi connectivity index (χ3n) is 3.29. The van der Waals surface area contributed by atoms with E-state index < -0.39 is 5.97 Å². The van der Waals surface area contributed by atoms with Gasteiger partial charge in [-0.2, -0.15) is 0 Å². The summed E-state index contributed by atoms with van der Waals surface area (Å²) in [6, 6.07) is 0.348. The Hall–Kier alpha value is -1.26. The number of hydrogen-bond acceptors (Lipinski definition) is 2. The smallest absolute Gasteiger partial charge is 0.317 e. The molecule has 0 aromatic heterocycles. The van der Waals surface area contributed by atoms with Gasteiger partial charge >= 0.3 is 12.0 Å². The van der Waals surface area contributed by atoms with Gasteiger partial charge < -0.3 is 15.3 Å². The minimum Gasteiger partial charge on any atom is -0.481 e. The van der Waals surface area contributed by atoms with Crippen molar-refractivity contribution in [3.63, 3.8) is 0 Å². The molecule has 2 N–H and O–H groups in total. The zero-order valence-electron chi connectivity index (χ0n) is 10.4. The number of urea groups is 1. The van der Waals surface area contributed by atoms with Gasteiger partial charge in [0.1, 0.15) is 0 Å². The van der Waals surface area contributed by atoms with Gasteiger partial charge in [0, 0.05) is 26.1 Å². The van der Waals surface area contributed by atoms with Crippen LogP contribution < -0.4 is 5.32 Å². The van der Waals surface area contributed by atoms with Crippen LogP contribution in [0.1, 0.15) is 44.9 Å².